The zero-order valence-corrected chi connectivity index (χ0v) is 14.2. The van der Waals surface area contributed by atoms with Crippen LogP contribution < -0.4 is 16.6 Å². The number of halogens is 3. The zero-order chi connectivity index (χ0) is 20.4. The van der Waals surface area contributed by atoms with Gasteiger partial charge in [-0.1, -0.05) is 0 Å². The fraction of sp³-hybridized carbons (Fsp3) is 0.467. The number of carbonyl (C=O) groups is 2. The summed E-state index contributed by atoms with van der Waals surface area (Å²) in [5, 5.41) is 14.7. The van der Waals surface area contributed by atoms with Crippen molar-refractivity contribution < 1.29 is 27.9 Å². The largest absolute Gasteiger partial charge is 0.490 e. The number of hydrogen-bond donors (Lipinski definition) is 4. The minimum absolute atomic E-state index is 0.235. The molecule has 2 aromatic rings. The number of carbonyl (C=O) groups excluding carboxylic acids is 1. The number of H-pyrrole nitrogens is 1. The number of carboxylic acids is 1. The first-order chi connectivity index (χ1) is 12.5. The Morgan fingerprint density at radius 1 is 1.41 bits per heavy atom. The lowest BCUT2D eigenvalue weighted by molar-refractivity contribution is -0.192. The molecule has 0 bridgehead atoms. The van der Waals surface area contributed by atoms with Gasteiger partial charge in [-0.25, -0.2) is 9.31 Å². The summed E-state index contributed by atoms with van der Waals surface area (Å²) in [6, 6.07) is 1.96. The molecule has 3 rings (SSSR count). The first kappa shape index (κ1) is 20.4. The van der Waals surface area contributed by atoms with Crippen LogP contribution >= 0.6 is 0 Å². The van der Waals surface area contributed by atoms with Crippen LogP contribution in [0.1, 0.15) is 41.7 Å². The van der Waals surface area contributed by atoms with Gasteiger partial charge in [-0.05, 0) is 26.3 Å². The third-order valence-corrected chi connectivity index (χ3v) is 4.08. The van der Waals surface area contributed by atoms with Gasteiger partial charge in [0, 0.05) is 18.0 Å². The Hall–Kier alpha value is -2.89. The summed E-state index contributed by atoms with van der Waals surface area (Å²) >= 11 is 0. The van der Waals surface area contributed by atoms with Gasteiger partial charge in [0.25, 0.3) is 11.5 Å². The fourth-order valence-corrected chi connectivity index (χ4v) is 2.88. The van der Waals surface area contributed by atoms with Crippen molar-refractivity contribution in [3.8, 4) is 0 Å². The lowest BCUT2D eigenvalue weighted by Gasteiger charge is -2.28. The maximum atomic E-state index is 11.8. The minimum atomic E-state index is -5.08. The Balaban J connectivity index is 0.000000321. The van der Waals surface area contributed by atoms with Crippen LogP contribution in [0.2, 0.25) is 0 Å². The van der Waals surface area contributed by atoms with Crippen molar-refractivity contribution in [1.82, 2.24) is 19.9 Å². The molecular weight excluding hydrogens is 371 g/mol. The van der Waals surface area contributed by atoms with E-state index in [9.17, 15) is 22.8 Å². The monoisotopic (exact) mass is 389 g/mol. The number of nitrogens with one attached hydrogen (secondary N) is 2. The van der Waals surface area contributed by atoms with E-state index in [1.54, 1.807) is 10.6 Å². The number of aromatic nitrogens is 3. The van der Waals surface area contributed by atoms with Gasteiger partial charge in [-0.3, -0.25) is 9.59 Å². The quantitative estimate of drug-likeness (QED) is 0.593. The van der Waals surface area contributed by atoms with Crippen molar-refractivity contribution >= 4 is 17.5 Å². The smallest absolute Gasteiger partial charge is 0.475 e. The highest BCUT2D eigenvalue weighted by molar-refractivity contribution is 5.98. The van der Waals surface area contributed by atoms with Crippen LogP contribution in [0.5, 0.6) is 0 Å². The molecule has 1 saturated heterocycles. The predicted molar refractivity (Wildman–Crippen MR) is 87.5 cm³/mol. The number of aliphatic carboxylic acids is 1. The van der Waals surface area contributed by atoms with Gasteiger partial charge in [-0.15, -0.1) is 0 Å². The molecule has 0 aromatic carbocycles. The normalized spacial score (nSPS) is 20.0. The Kier molecular flexibility index (Phi) is 5.88. The Bertz CT molecular complexity index is 905. The highest BCUT2D eigenvalue weighted by Gasteiger charge is 2.38. The number of hydrogen-bond acceptors (Lipinski definition) is 5. The number of rotatable bonds is 2. The molecule has 0 saturated carbocycles. The van der Waals surface area contributed by atoms with Gasteiger partial charge >= 0.3 is 12.1 Å². The van der Waals surface area contributed by atoms with E-state index in [-0.39, 0.29) is 17.0 Å². The van der Waals surface area contributed by atoms with E-state index in [2.05, 4.69) is 22.3 Å². The van der Waals surface area contributed by atoms with Crippen molar-refractivity contribution in [1.29, 1.82) is 0 Å². The van der Waals surface area contributed by atoms with Crippen molar-refractivity contribution in [3.63, 3.8) is 0 Å². The van der Waals surface area contributed by atoms with Gasteiger partial charge in [0.1, 0.15) is 11.2 Å². The maximum absolute atomic E-state index is 11.8. The third-order valence-electron chi connectivity index (χ3n) is 4.08. The maximum Gasteiger partial charge on any atom is 0.490 e. The van der Waals surface area contributed by atoms with Crippen molar-refractivity contribution in [2.45, 2.75) is 37.9 Å². The Labute approximate surface area is 150 Å². The molecule has 2 aromatic heterocycles. The summed E-state index contributed by atoms with van der Waals surface area (Å²) in [5.41, 5.74) is 6.53. The highest BCUT2D eigenvalue weighted by atomic mass is 19.4. The molecule has 148 valence electrons. The number of nitrogens with zero attached hydrogens (tertiary/aromatic N) is 2. The molecular formula is C15H18F3N5O4. The second-order valence-corrected chi connectivity index (χ2v) is 6.12. The number of amides is 1. The van der Waals surface area contributed by atoms with Gasteiger partial charge in [0.15, 0.2) is 0 Å². The van der Waals surface area contributed by atoms with E-state index >= 15 is 0 Å². The molecule has 12 heteroatoms. The number of carboxylic acid groups (broad SMARTS) is 1. The standard InChI is InChI=1S/C13H17N5O2.C2HF3O2/c1-7-4-8(2-3-15-7)10-5-11(19)17-13-9(12(14)20)6-16-18(10)13;3-2(4,5)1(6)7/h5-8,15H,2-4H2,1H3,(H2,14,20)(H,17,19);(H,6,7)/t7-,8+;/m1./s1. The molecule has 1 aliphatic rings. The molecule has 3 heterocycles. The number of nitrogens with two attached hydrogens (primary N) is 1. The van der Waals surface area contributed by atoms with Crippen molar-refractivity contribution in [2.75, 3.05) is 6.54 Å². The molecule has 1 fully saturated rings. The highest BCUT2D eigenvalue weighted by Crippen LogP contribution is 2.27. The Morgan fingerprint density at radius 2 is 2.04 bits per heavy atom. The summed E-state index contributed by atoms with van der Waals surface area (Å²) in [5.74, 6) is -3.10. The lowest BCUT2D eigenvalue weighted by atomic mass is 9.90. The first-order valence-corrected chi connectivity index (χ1v) is 7.95. The summed E-state index contributed by atoms with van der Waals surface area (Å²) in [7, 11) is 0. The van der Waals surface area contributed by atoms with Gasteiger partial charge in [0.2, 0.25) is 0 Å². The van der Waals surface area contributed by atoms with Crippen molar-refractivity contribution in [3.05, 3.63) is 33.9 Å². The third kappa shape index (κ3) is 4.84. The molecule has 0 radical (unpaired) electrons. The van der Waals surface area contributed by atoms with Crippen molar-refractivity contribution in [2.24, 2.45) is 5.73 Å². The molecule has 0 spiro atoms. The number of piperidine rings is 1. The minimum Gasteiger partial charge on any atom is -0.475 e. The Morgan fingerprint density at radius 3 is 2.56 bits per heavy atom. The summed E-state index contributed by atoms with van der Waals surface area (Å²) < 4.78 is 33.4. The number of alkyl halides is 3. The van der Waals surface area contributed by atoms with E-state index in [1.165, 1.54) is 6.20 Å². The molecule has 9 nitrogen and oxygen atoms in total. The van der Waals surface area contributed by atoms with E-state index in [0.717, 1.165) is 25.1 Å². The van der Waals surface area contributed by atoms with Crippen LogP contribution in [-0.4, -0.2) is 50.3 Å². The van der Waals surface area contributed by atoms with Gasteiger partial charge in [-0.2, -0.15) is 18.3 Å². The topological polar surface area (TPSA) is 143 Å². The molecule has 27 heavy (non-hydrogen) atoms. The predicted octanol–water partition coefficient (Wildman–Crippen LogP) is 0.610. The van der Waals surface area contributed by atoms with E-state index < -0.39 is 18.1 Å². The molecule has 1 aliphatic heterocycles. The number of primary amides is 1. The van der Waals surface area contributed by atoms with Crippen LogP contribution in [0.3, 0.4) is 0 Å². The van der Waals surface area contributed by atoms with E-state index in [1.807, 2.05) is 0 Å². The SMILES string of the molecule is C[C@@H]1C[C@@H](c2cc(=O)[nH]c3c(C(N)=O)cnn23)CCN1.O=C(O)C(F)(F)F. The fourth-order valence-electron chi connectivity index (χ4n) is 2.88. The molecule has 1 amide bonds. The average Bonchev–Trinajstić information content (AvgIpc) is 2.97. The number of fused-ring (bicyclic) bond motifs is 1. The molecule has 5 N–H and O–H groups in total. The molecule has 2 atom stereocenters. The van der Waals surface area contributed by atoms with Gasteiger partial charge in [0.05, 0.1) is 11.9 Å². The lowest BCUT2D eigenvalue weighted by Crippen LogP contribution is -2.35. The molecule has 0 aliphatic carbocycles. The second kappa shape index (κ2) is 7.78. The first-order valence-electron chi connectivity index (χ1n) is 7.95. The van der Waals surface area contributed by atoms with Crippen LogP contribution in [-0.2, 0) is 4.79 Å². The molecule has 0 unspecified atom stereocenters. The van der Waals surface area contributed by atoms with Crippen LogP contribution in [0.25, 0.3) is 5.65 Å². The van der Waals surface area contributed by atoms with E-state index in [0.29, 0.717) is 11.7 Å². The zero-order valence-electron chi connectivity index (χ0n) is 14.2. The van der Waals surface area contributed by atoms with Gasteiger partial charge < -0.3 is 21.1 Å². The summed E-state index contributed by atoms with van der Waals surface area (Å²) in [4.78, 5) is 34.7. The average molecular weight is 389 g/mol. The van der Waals surface area contributed by atoms with E-state index in [4.69, 9.17) is 15.6 Å². The van der Waals surface area contributed by atoms with Crippen LogP contribution in [0.15, 0.2) is 17.1 Å². The second-order valence-electron chi connectivity index (χ2n) is 6.12. The number of aromatic amines is 1. The van der Waals surface area contributed by atoms with Crippen LogP contribution in [0.4, 0.5) is 13.2 Å². The summed E-state index contributed by atoms with van der Waals surface area (Å²) in [6.07, 6.45) is -1.80. The summed E-state index contributed by atoms with van der Waals surface area (Å²) in [6.45, 7) is 3.03. The van der Waals surface area contributed by atoms with Crippen LogP contribution in [0, 0.1) is 0 Å².